The van der Waals surface area contributed by atoms with Crippen LogP contribution in [0.25, 0.3) is 22.4 Å². The molecule has 0 aliphatic heterocycles. The summed E-state index contributed by atoms with van der Waals surface area (Å²) in [7, 11) is 0. The molecule has 5 heteroatoms. The second-order valence-corrected chi connectivity index (χ2v) is 3.69. The third-order valence-corrected chi connectivity index (χ3v) is 2.49. The SMILES string of the molecule is O=c1cc(-c2nc3ccc(F)cc3[nH]2)cc[nH]1. The van der Waals surface area contributed by atoms with Crippen molar-refractivity contribution in [2.45, 2.75) is 0 Å². The minimum absolute atomic E-state index is 0.200. The Morgan fingerprint density at radius 1 is 1.18 bits per heavy atom. The highest BCUT2D eigenvalue weighted by molar-refractivity contribution is 5.79. The minimum atomic E-state index is -0.321. The van der Waals surface area contributed by atoms with Crippen LogP contribution in [0.2, 0.25) is 0 Å². The zero-order valence-corrected chi connectivity index (χ0v) is 8.70. The summed E-state index contributed by atoms with van der Waals surface area (Å²) in [5, 5.41) is 0. The Kier molecular flexibility index (Phi) is 2.04. The molecule has 3 rings (SSSR count). The van der Waals surface area contributed by atoms with E-state index < -0.39 is 0 Å². The molecule has 0 atom stereocenters. The number of hydrogen-bond acceptors (Lipinski definition) is 2. The molecule has 0 saturated carbocycles. The average Bonchev–Trinajstić information content (AvgIpc) is 2.72. The maximum Gasteiger partial charge on any atom is 0.248 e. The molecule has 84 valence electrons. The topological polar surface area (TPSA) is 61.5 Å². The first kappa shape index (κ1) is 9.77. The van der Waals surface area contributed by atoms with E-state index in [0.29, 0.717) is 22.4 Å². The Morgan fingerprint density at radius 3 is 2.88 bits per heavy atom. The van der Waals surface area contributed by atoms with Crippen LogP contribution in [0.15, 0.2) is 41.3 Å². The van der Waals surface area contributed by atoms with Crippen LogP contribution in [0.3, 0.4) is 0 Å². The summed E-state index contributed by atoms with van der Waals surface area (Å²) in [6.45, 7) is 0. The molecular formula is C12H8FN3O. The molecule has 4 nitrogen and oxygen atoms in total. The molecule has 0 fully saturated rings. The van der Waals surface area contributed by atoms with E-state index in [-0.39, 0.29) is 11.4 Å². The Labute approximate surface area is 95.1 Å². The van der Waals surface area contributed by atoms with Crippen molar-refractivity contribution in [2.75, 3.05) is 0 Å². The largest absolute Gasteiger partial charge is 0.338 e. The van der Waals surface area contributed by atoms with Crippen LogP contribution in [-0.4, -0.2) is 15.0 Å². The Bertz CT molecular complexity index is 745. The number of imidazole rings is 1. The number of nitrogens with zero attached hydrogens (tertiary/aromatic N) is 1. The van der Waals surface area contributed by atoms with Gasteiger partial charge in [0.15, 0.2) is 0 Å². The van der Waals surface area contributed by atoms with Crippen LogP contribution in [0.1, 0.15) is 0 Å². The molecule has 0 unspecified atom stereocenters. The molecule has 0 saturated heterocycles. The molecule has 0 bridgehead atoms. The van der Waals surface area contributed by atoms with E-state index in [2.05, 4.69) is 15.0 Å². The maximum atomic E-state index is 13.0. The quantitative estimate of drug-likeness (QED) is 0.670. The molecule has 0 spiro atoms. The predicted molar refractivity (Wildman–Crippen MR) is 62.1 cm³/mol. The van der Waals surface area contributed by atoms with Crippen LogP contribution in [0, 0.1) is 5.82 Å². The summed E-state index contributed by atoms with van der Waals surface area (Å²) in [5.74, 6) is 0.232. The van der Waals surface area contributed by atoms with Crippen molar-refractivity contribution in [1.82, 2.24) is 15.0 Å². The first-order valence-corrected chi connectivity index (χ1v) is 5.07. The molecule has 1 aromatic carbocycles. The van der Waals surface area contributed by atoms with E-state index in [9.17, 15) is 9.18 Å². The molecule has 0 amide bonds. The van der Waals surface area contributed by atoms with Gasteiger partial charge in [0.2, 0.25) is 5.56 Å². The molecule has 3 aromatic rings. The lowest BCUT2D eigenvalue weighted by atomic mass is 10.2. The van der Waals surface area contributed by atoms with E-state index >= 15 is 0 Å². The van der Waals surface area contributed by atoms with Gasteiger partial charge in [0.1, 0.15) is 11.6 Å². The van der Waals surface area contributed by atoms with Crippen molar-refractivity contribution in [3.05, 3.63) is 52.7 Å². The fourth-order valence-electron chi connectivity index (χ4n) is 1.71. The number of fused-ring (bicyclic) bond motifs is 1. The summed E-state index contributed by atoms with van der Waals surface area (Å²) >= 11 is 0. The monoisotopic (exact) mass is 229 g/mol. The Hall–Kier alpha value is -2.43. The third kappa shape index (κ3) is 1.71. The first-order chi connectivity index (χ1) is 8.22. The average molecular weight is 229 g/mol. The number of H-pyrrole nitrogens is 2. The highest BCUT2D eigenvalue weighted by Crippen LogP contribution is 2.19. The minimum Gasteiger partial charge on any atom is -0.338 e. The number of nitrogens with one attached hydrogen (secondary N) is 2. The second kappa shape index (κ2) is 3.55. The van der Waals surface area contributed by atoms with Crippen molar-refractivity contribution in [1.29, 1.82) is 0 Å². The molecule has 0 radical (unpaired) electrons. The molecule has 17 heavy (non-hydrogen) atoms. The van der Waals surface area contributed by atoms with Gasteiger partial charge < -0.3 is 9.97 Å². The lowest BCUT2D eigenvalue weighted by Crippen LogP contribution is -2.02. The number of aromatic nitrogens is 3. The van der Waals surface area contributed by atoms with Crippen molar-refractivity contribution < 1.29 is 4.39 Å². The van der Waals surface area contributed by atoms with E-state index in [4.69, 9.17) is 0 Å². The first-order valence-electron chi connectivity index (χ1n) is 5.07. The van der Waals surface area contributed by atoms with Gasteiger partial charge in [-0.05, 0) is 24.3 Å². The smallest absolute Gasteiger partial charge is 0.248 e. The summed E-state index contributed by atoms with van der Waals surface area (Å²) in [4.78, 5) is 21.0. The van der Waals surface area contributed by atoms with Gasteiger partial charge in [0, 0.05) is 17.8 Å². The summed E-state index contributed by atoms with van der Waals surface area (Å²) in [6.07, 6.45) is 1.55. The lowest BCUT2D eigenvalue weighted by molar-refractivity contribution is 0.629. The van der Waals surface area contributed by atoms with Crippen LogP contribution in [0.5, 0.6) is 0 Å². The van der Waals surface area contributed by atoms with E-state index in [1.807, 2.05) is 0 Å². The molecule has 0 aliphatic rings. The number of rotatable bonds is 1. The fourth-order valence-corrected chi connectivity index (χ4v) is 1.71. The summed E-state index contributed by atoms with van der Waals surface area (Å²) in [6, 6.07) is 7.49. The standard InChI is InChI=1S/C12H8FN3O/c13-8-1-2-9-10(6-8)16-12(15-9)7-3-4-14-11(17)5-7/h1-6H,(H,14,17)(H,15,16). The third-order valence-electron chi connectivity index (χ3n) is 2.49. The second-order valence-electron chi connectivity index (χ2n) is 3.69. The highest BCUT2D eigenvalue weighted by atomic mass is 19.1. The van der Waals surface area contributed by atoms with Gasteiger partial charge >= 0.3 is 0 Å². The van der Waals surface area contributed by atoms with E-state index in [1.165, 1.54) is 18.2 Å². The number of halogens is 1. The van der Waals surface area contributed by atoms with Gasteiger partial charge in [-0.25, -0.2) is 9.37 Å². The van der Waals surface area contributed by atoms with Gasteiger partial charge in [-0.15, -0.1) is 0 Å². The normalized spacial score (nSPS) is 10.9. The lowest BCUT2D eigenvalue weighted by Gasteiger charge is -1.93. The van der Waals surface area contributed by atoms with Gasteiger partial charge in [-0.2, -0.15) is 0 Å². The van der Waals surface area contributed by atoms with Crippen molar-refractivity contribution >= 4 is 11.0 Å². The summed E-state index contributed by atoms with van der Waals surface area (Å²) in [5.41, 5.74) is 1.75. The molecule has 2 heterocycles. The Balaban J connectivity index is 2.21. The fraction of sp³-hybridized carbons (Fsp3) is 0. The Morgan fingerprint density at radius 2 is 2.06 bits per heavy atom. The van der Waals surface area contributed by atoms with Gasteiger partial charge in [0.05, 0.1) is 11.0 Å². The number of pyridine rings is 1. The van der Waals surface area contributed by atoms with E-state index in [1.54, 1.807) is 18.3 Å². The highest BCUT2D eigenvalue weighted by Gasteiger charge is 2.06. The van der Waals surface area contributed by atoms with E-state index in [0.717, 1.165) is 0 Å². The number of benzene rings is 1. The molecule has 2 N–H and O–H groups in total. The van der Waals surface area contributed by atoms with Gasteiger partial charge in [0.25, 0.3) is 0 Å². The van der Waals surface area contributed by atoms with Crippen LogP contribution in [0.4, 0.5) is 4.39 Å². The molecular weight excluding hydrogens is 221 g/mol. The molecule has 0 aliphatic carbocycles. The number of aromatic amines is 2. The van der Waals surface area contributed by atoms with Crippen LogP contribution < -0.4 is 5.56 Å². The zero-order valence-electron chi connectivity index (χ0n) is 8.70. The van der Waals surface area contributed by atoms with Crippen molar-refractivity contribution in [2.24, 2.45) is 0 Å². The molecule has 2 aromatic heterocycles. The zero-order chi connectivity index (χ0) is 11.8. The van der Waals surface area contributed by atoms with Crippen molar-refractivity contribution in [3.8, 4) is 11.4 Å². The predicted octanol–water partition coefficient (Wildman–Crippen LogP) is 2.06. The maximum absolute atomic E-state index is 13.0. The van der Waals surface area contributed by atoms with Gasteiger partial charge in [-0.3, -0.25) is 4.79 Å². The summed E-state index contributed by atoms with van der Waals surface area (Å²) < 4.78 is 13.0. The van der Waals surface area contributed by atoms with Crippen molar-refractivity contribution in [3.63, 3.8) is 0 Å². The number of hydrogen-bond donors (Lipinski definition) is 2. The van der Waals surface area contributed by atoms with Crippen LogP contribution >= 0.6 is 0 Å². The van der Waals surface area contributed by atoms with Gasteiger partial charge in [-0.1, -0.05) is 0 Å². The van der Waals surface area contributed by atoms with Crippen LogP contribution in [-0.2, 0) is 0 Å².